The molecule has 0 unspecified atom stereocenters. The zero-order chi connectivity index (χ0) is 31.9. The van der Waals surface area contributed by atoms with Gasteiger partial charge in [-0.3, -0.25) is 0 Å². The van der Waals surface area contributed by atoms with Crippen molar-refractivity contribution in [1.82, 2.24) is 15.0 Å². The highest BCUT2D eigenvalue weighted by Crippen LogP contribution is 2.39. The summed E-state index contributed by atoms with van der Waals surface area (Å²) in [7, 11) is 0. The largest absolute Gasteiger partial charge is 0.208 e. The van der Waals surface area contributed by atoms with Crippen LogP contribution < -0.4 is 0 Å². The zero-order valence-corrected chi connectivity index (χ0v) is 26.1. The fourth-order valence-electron chi connectivity index (χ4n) is 6.92. The van der Waals surface area contributed by atoms with E-state index in [4.69, 9.17) is 15.0 Å². The van der Waals surface area contributed by atoms with Crippen LogP contribution in [-0.2, 0) is 0 Å². The van der Waals surface area contributed by atoms with Gasteiger partial charge in [0.25, 0.3) is 0 Å². The Kier molecular flexibility index (Phi) is 6.80. The van der Waals surface area contributed by atoms with Gasteiger partial charge >= 0.3 is 0 Å². The lowest BCUT2D eigenvalue weighted by molar-refractivity contribution is 1.08. The SMILES string of the molecule is c1ccc(-c2nc(-c3cccc4c(-c5cccc6ccccc56)cccc34)nc(-c3cccc4cccc(-c5ccccc5)c34)n2)cc1. The second kappa shape index (κ2) is 11.7. The molecule has 0 atom stereocenters. The zero-order valence-electron chi connectivity index (χ0n) is 26.1. The monoisotopic (exact) mass is 611 g/mol. The predicted octanol–water partition coefficient (Wildman–Crippen LogP) is 11.7. The molecule has 224 valence electrons. The number of rotatable bonds is 5. The maximum atomic E-state index is 5.26. The van der Waals surface area contributed by atoms with Gasteiger partial charge in [-0.15, -0.1) is 0 Å². The van der Waals surface area contributed by atoms with Gasteiger partial charge in [-0.25, -0.2) is 15.0 Å². The van der Waals surface area contributed by atoms with Gasteiger partial charge in [-0.2, -0.15) is 0 Å². The van der Waals surface area contributed by atoms with Crippen molar-refractivity contribution in [3.63, 3.8) is 0 Å². The fourth-order valence-corrected chi connectivity index (χ4v) is 6.92. The van der Waals surface area contributed by atoms with Crippen LogP contribution in [0.5, 0.6) is 0 Å². The van der Waals surface area contributed by atoms with Crippen molar-refractivity contribution in [2.24, 2.45) is 0 Å². The second-order valence-electron chi connectivity index (χ2n) is 12.0. The van der Waals surface area contributed by atoms with Crippen LogP contribution in [-0.4, -0.2) is 15.0 Å². The molecule has 48 heavy (non-hydrogen) atoms. The summed E-state index contributed by atoms with van der Waals surface area (Å²) in [6.07, 6.45) is 0. The normalized spacial score (nSPS) is 11.3. The van der Waals surface area contributed by atoms with Crippen molar-refractivity contribution in [3.05, 3.63) is 176 Å². The summed E-state index contributed by atoms with van der Waals surface area (Å²) in [5.74, 6) is 1.94. The average molecular weight is 612 g/mol. The summed E-state index contributed by atoms with van der Waals surface area (Å²) >= 11 is 0. The van der Waals surface area contributed by atoms with Crippen LogP contribution in [0.15, 0.2) is 176 Å². The van der Waals surface area contributed by atoms with Crippen LogP contribution >= 0.6 is 0 Å². The summed E-state index contributed by atoms with van der Waals surface area (Å²) in [4.78, 5) is 15.5. The molecular formula is C45H29N3. The minimum Gasteiger partial charge on any atom is -0.208 e. The van der Waals surface area contributed by atoms with E-state index in [0.29, 0.717) is 17.5 Å². The lowest BCUT2D eigenvalue weighted by atomic mass is 9.92. The molecule has 1 aromatic heterocycles. The molecule has 8 aromatic carbocycles. The first kappa shape index (κ1) is 27.8. The molecule has 0 aliphatic rings. The molecule has 0 bridgehead atoms. The fraction of sp³-hybridized carbons (Fsp3) is 0. The highest BCUT2D eigenvalue weighted by molar-refractivity contribution is 6.09. The molecular weight excluding hydrogens is 583 g/mol. The van der Waals surface area contributed by atoms with Gasteiger partial charge in [-0.05, 0) is 49.2 Å². The van der Waals surface area contributed by atoms with Crippen molar-refractivity contribution in [2.45, 2.75) is 0 Å². The Morgan fingerprint density at radius 2 is 0.688 bits per heavy atom. The number of hydrogen-bond acceptors (Lipinski definition) is 3. The topological polar surface area (TPSA) is 38.7 Å². The van der Waals surface area contributed by atoms with E-state index in [9.17, 15) is 0 Å². The van der Waals surface area contributed by atoms with Crippen molar-refractivity contribution in [2.75, 3.05) is 0 Å². The van der Waals surface area contributed by atoms with Gasteiger partial charge in [-0.1, -0.05) is 176 Å². The second-order valence-corrected chi connectivity index (χ2v) is 12.0. The van der Waals surface area contributed by atoms with Crippen LogP contribution in [0.2, 0.25) is 0 Å². The Morgan fingerprint density at radius 1 is 0.250 bits per heavy atom. The summed E-state index contributed by atoms with van der Waals surface area (Å²) in [6.45, 7) is 0. The van der Waals surface area contributed by atoms with Crippen molar-refractivity contribution in [1.29, 1.82) is 0 Å². The van der Waals surface area contributed by atoms with Gasteiger partial charge in [0, 0.05) is 22.1 Å². The summed E-state index contributed by atoms with van der Waals surface area (Å²) in [5, 5.41) is 6.98. The third-order valence-corrected chi connectivity index (χ3v) is 9.14. The van der Waals surface area contributed by atoms with Crippen LogP contribution in [0.4, 0.5) is 0 Å². The summed E-state index contributed by atoms with van der Waals surface area (Å²) in [6, 6.07) is 61.6. The Hall–Kier alpha value is -6.45. The Morgan fingerprint density at radius 3 is 1.42 bits per heavy atom. The highest BCUT2D eigenvalue weighted by Gasteiger charge is 2.18. The van der Waals surface area contributed by atoms with E-state index in [2.05, 4.69) is 158 Å². The highest BCUT2D eigenvalue weighted by atomic mass is 15.0. The third-order valence-electron chi connectivity index (χ3n) is 9.14. The first-order valence-corrected chi connectivity index (χ1v) is 16.2. The van der Waals surface area contributed by atoms with Gasteiger partial charge < -0.3 is 0 Å². The number of aromatic nitrogens is 3. The molecule has 0 radical (unpaired) electrons. The van der Waals surface area contributed by atoms with Gasteiger partial charge in [0.15, 0.2) is 17.5 Å². The Labute approximate surface area is 278 Å². The number of benzene rings is 8. The lowest BCUT2D eigenvalue weighted by Gasteiger charge is -2.15. The van der Waals surface area contributed by atoms with Crippen LogP contribution in [0, 0.1) is 0 Å². The minimum absolute atomic E-state index is 0.645. The van der Waals surface area contributed by atoms with E-state index in [1.807, 2.05) is 18.2 Å². The molecule has 3 heteroatoms. The summed E-state index contributed by atoms with van der Waals surface area (Å²) < 4.78 is 0. The quantitative estimate of drug-likeness (QED) is 0.194. The van der Waals surface area contributed by atoms with Gasteiger partial charge in [0.05, 0.1) is 0 Å². The maximum Gasteiger partial charge on any atom is 0.164 e. The van der Waals surface area contributed by atoms with Crippen LogP contribution in [0.1, 0.15) is 0 Å². The molecule has 3 nitrogen and oxygen atoms in total. The van der Waals surface area contributed by atoms with E-state index in [-0.39, 0.29) is 0 Å². The van der Waals surface area contributed by atoms with Crippen molar-refractivity contribution < 1.29 is 0 Å². The Bertz CT molecular complexity index is 2600. The predicted molar refractivity (Wildman–Crippen MR) is 200 cm³/mol. The first-order chi connectivity index (χ1) is 23.8. The average Bonchev–Trinajstić information content (AvgIpc) is 3.17. The molecule has 9 aromatic rings. The molecule has 0 N–H and O–H groups in total. The van der Waals surface area contributed by atoms with Gasteiger partial charge in [0.1, 0.15) is 0 Å². The van der Waals surface area contributed by atoms with Crippen LogP contribution in [0.25, 0.3) is 88.7 Å². The Balaban J connectivity index is 1.30. The molecule has 0 spiro atoms. The molecule has 0 amide bonds. The summed E-state index contributed by atoms with van der Waals surface area (Å²) in [5.41, 5.74) is 7.59. The van der Waals surface area contributed by atoms with Gasteiger partial charge in [0.2, 0.25) is 0 Å². The number of nitrogens with zero attached hydrogens (tertiary/aromatic N) is 3. The van der Waals surface area contributed by atoms with E-state index < -0.39 is 0 Å². The lowest BCUT2D eigenvalue weighted by Crippen LogP contribution is -2.01. The first-order valence-electron chi connectivity index (χ1n) is 16.2. The smallest absolute Gasteiger partial charge is 0.164 e. The molecule has 1 heterocycles. The van der Waals surface area contributed by atoms with E-state index >= 15 is 0 Å². The van der Waals surface area contributed by atoms with E-state index in [1.54, 1.807) is 0 Å². The molecule has 0 aliphatic heterocycles. The van der Waals surface area contributed by atoms with Crippen molar-refractivity contribution >= 4 is 32.3 Å². The maximum absolute atomic E-state index is 5.26. The molecule has 0 fully saturated rings. The standard InChI is InChI=1S/C45H29N3/c1-3-14-31(15-4-1)35-23-10-20-32-21-11-29-41(42(32)35)45-47-43(33-17-5-2-6-18-33)46-44(48-45)40-28-13-26-38-37(25-12-27-39(38)40)36-24-9-19-30-16-7-8-22-34(30)36/h1-29H. The molecule has 0 saturated heterocycles. The van der Waals surface area contributed by atoms with Crippen LogP contribution in [0.3, 0.4) is 0 Å². The van der Waals surface area contributed by atoms with E-state index in [1.165, 1.54) is 21.9 Å². The molecule has 0 aliphatic carbocycles. The third kappa shape index (κ3) is 4.81. The van der Waals surface area contributed by atoms with Crippen molar-refractivity contribution in [3.8, 4) is 56.4 Å². The minimum atomic E-state index is 0.645. The molecule has 0 saturated carbocycles. The number of fused-ring (bicyclic) bond motifs is 3. The molecule has 9 rings (SSSR count). The number of hydrogen-bond donors (Lipinski definition) is 0. The van der Waals surface area contributed by atoms with E-state index in [0.717, 1.165) is 49.4 Å².